The number of nitriles is 1. The standard InChI is InChI=1S/C16H19N/c1-15(13-7-5-6-8-13)11-16(15,12-17)14-9-3-2-4-10-14/h2-4,9-10,13H,5-8,11H2,1H3. The summed E-state index contributed by atoms with van der Waals surface area (Å²) in [5.41, 5.74) is 1.28. The molecule has 1 aromatic rings. The third kappa shape index (κ3) is 1.37. The fourth-order valence-corrected chi connectivity index (χ4v) is 3.95. The summed E-state index contributed by atoms with van der Waals surface area (Å²) in [6.07, 6.45) is 6.43. The maximum atomic E-state index is 9.66. The molecule has 0 saturated heterocycles. The Balaban J connectivity index is 1.95. The summed E-state index contributed by atoms with van der Waals surface area (Å²) >= 11 is 0. The van der Waals surface area contributed by atoms with Crippen LogP contribution in [0.25, 0.3) is 0 Å². The Hall–Kier alpha value is -1.29. The van der Waals surface area contributed by atoms with Gasteiger partial charge in [0, 0.05) is 0 Å². The predicted molar refractivity (Wildman–Crippen MR) is 68.4 cm³/mol. The highest BCUT2D eigenvalue weighted by Gasteiger charge is 2.68. The fraction of sp³-hybridized carbons (Fsp3) is 0.562. The summed E-state index contributed by atoms with van der Waals surface area (Å²) < 4.78 is 0. The molecule has 3 rings (SSSR count). The number of benzene rings is 1. The molecule has 2 atom stereocenters. The van der Waals surface area contributed by atoms with E-state index in [1.54, 1.807) is 0 Å². The molecule has 1 heteroatoms. The van der Waals surface area contributed by atoms with E-state index in [1.807, 2.05) is 6.07 Å². The topological polar surface area (TPSA) is 23.8 Å². The molecule has 2 aliphatic rings. The molecule has 0 heterocycles. The van der Waals surface area contributed by atoms with Gasteiger partial charge in [-0.25, -0.2) is 0 Å². The highest BCUT2D eigenvalue weighted by molar-refractivity contribution is 5.45. The Morgan fingerprint density at radius 1 is 1.18 bits per heavy atom. The molecule has 0 N–H and O–H groups in total. The molecule has 0 aromatic heterocycles. The third-order valence-corrected chi connectivity index (χ3v) is 5.20. The lowest BCUT2D eigenvalue weighted by Gasteiger charge is -2.23. The van der Waals surface area contributed by atoms with Crippen molar-refractivity contribution in [2.24, 2.45) is 11.3 Å². The van der Waals surface area contributed by atoms with Crippen molar-refractivity contribution in [3.8, 4) is 6.07 Å². The fourth-order valence-electron chi connectivity index (χ4n) is 3.95. The first-order valence-electron chi connectivity index (χ1n) is 6.70. The molecule has 2 fully saturated rings. The molecule has 2 aliphatic carbocycles. The van der Waals surface area contributed by atoms with Crippen molar-refractivity contribution in [1.29, 1.82) is 5.26 Å². The molecule has 0 bridgehead atoms. The maximum Gasteiger partial charge on any atom is 0.0885 e. The second kappa shape index (κ2) is 3.60. The van der Waals surface area contributed by atoms with Gasteiger partial charge < -0.3 is 0 Å². The number of hydrogen-bond acceptors (Lipinski definition) is 1. The quantitative estimate of drug-likeness (QED) is 0.745. The Labute approximate surface area is 103 Å². The first kappa shape index (κ1) is 10.8. The van der Waals surface area contributed by atoms with Crippen LogP contribution in [0, 0.1) is 22.7 Å². The number of nitrogens with zero attached hydrogens (tertiary/aromatic N) is 1. The molecule has 17 heavy (non-hydrogen) atoms. The van der Waals surface area contributed by atoms with Gasteiger partial charge in [-0.2, -0.15) is 5.26 Å². The number of rotatable bonds is 2. The predicted octanol–water partition coefficient (Wildman–Crippen LogP) is 4.05. The Morgan fingerprint density at radius 3 is 2.41 bits per heavy atom. The van der Waals surface area contributed by atoms with Gasteiger partial charge in [0.05, 0.1) is 11.5 Å². The third-order valence-electron chi connectivity index (χ3n) is 5.20. The second-order valence-corrected chi connectivity index (χ2v) is 5.96. The lowest BCUT2D eigenvalue weighted by atomic mass is 9.79. The monoisotopic (exact) mass is 225 g/mol. The van der Waals surface area contributed by atoms with Crippen LogP contribution in [-0.2, 0) is 5.41 Å². The highest BCUT2D eigenvalue weighted by Crippen LogP contribution is 2.70. The van der Waals surface area contributed by atoms with E-state index in [9.17, 15) is 5.26 Å². The Bertz CT molecular complexity index is 452. The van der Waals surface area contributed by atoms with E-state index in [2.05, 4.69) is 37.3 Å². The summed E-state index contributed by atoms with van der Waals surface area (Å²) in [6, 6.07) is 13.0. The minimum Gasteiger partial charge on any atom is -0.197 e. The van der Waals surface area contributed by atoms with E-state index >= 15 is 0 Å². The van der Waals surface area contributed by atoms with Crippen molar-refractivity contribution in [1.82, 2.24) is 0 Å². The number of hydrogen-bond donors (Lipinski definition) is 0. The Kier molecular flexibility index (Phi) is 2.30. The average molecular weight is 225 g/mol. The van der Waals surface area contributed by atoms with Gasteiger partial charge in [-0.15, -0.1) is 0 Å². The van der Waals surface area contributed by atoms with Crippen LogP contribution in [0.4, 0.5) is 0 Å². The smallest absolute Gasteiger partial charge is 0.0885 e. The van der Waals surface area contributed by atoms with Crippen LogP contribution >= 0.6 is 0 Å². The summed E-state index contributed by atoms with van der Waals surface area (Å²) in [6.45, 7) is 2.33. The van der Waals surface area contributed by atoms with Crippen LogP contribution in [0.15, 0.2) is 30.3 Å². The van der Waals surface area contributed by atoms with Gasteiger partial charge in [-0.1, -0.05) is 50.1 Å². The summed E-state index contributed by atoms with van der Waals surface area (Å²) in [7, 11) is 0. The van der Waals surface area contributed by atoms with Gasteiger partial charge in [0.15, 0.2) is 0 Å². The largest absolute Gasteiger partial charge is 0.197 e. The summed E-state index contributed by atoms with van der Waals surface area (Å²) in [4.78, 5) is 0. The first-order valence-corrected chi connectivity index (χ1v) is 6.70. The van der Waals surface area contributed by atoms with Crippen LogP contribution in [0.2, 0.25) is 0 Å². The minimum atomic E-state index is -0.191. The van der Waals surface area contributed by atoms with Crippen LogP contribution in [0.3, 0.4) is 0 Å². The van der Waals surface area contributed by atoms with E-state index in [-0.39, 0.29) is 10.8 Å². The van der Waals surface area contributed by atoms with Crippen LogP contribution in [0.5, 0.6) is 0 Å². The van der Waals surface area contributed by atoms with Crippen molar-refractivity contribution in [3.63, 3.8) is 0 Å². The van der Waals surface area contributed by atoms with Gasteiger partial charge >= 0.3 is 0 Å². The molecule has 88 valence electrons. The van der Waals surface area contributed by atoms with Gasteiger partial charge in [0.1, 0.15) is 0 Å². The average Bonchev–Trinajstić information content (AvgIpc) is 2.79. The van der Waals surface area contributed by atoms with Crippen LogP contribution in [-0.4, -0.2) is 0 Å². The van der Waals surface area contributed by atoms with Gasteiger partial charge in [0.25, 0.3) is 0 Å². The highest BCUT2D eigenvalue weighted by atomic mass is 14.7. The zero-order chi connectivity index (χ0) is 11.9. The zero-order valence-corrected chi connectivity index (χ0v) is 10.4. The zero-order valence-electron chi connectivity index (χ0n) is 10.4. The summed E-state index contributed by atoms with van der Waals surface area (Å²) in [5, 5.41) is 9.66. The van der Waals surface area contributed by atoms with Crippen molar-refractivity contribution in [2.45, 2.75) is 44.4 Å². The summed E-state index contributed by atoms with van der Waals surface area (Å²) in [5.74, 6) is 0.766. The molecule has 2 saturated carbocycles. The van der Waals surface area contributed by atoms with Crippen molar-refractivity contribution in [2.75, 3.05) is 0 Å². The van der Waals surface area contributed by atoms with Gasteiger partial charge in [0.2, 0.25) is 0 Å². The molecule has 1 aromatic carbocycles. The molecular formula is C16H19N. The van der Waals surface area contributed by atoms with Gasteiger partial charge in [-0.3, -0.25) is 0 Å². The van der Waals surface area contributed by atoms with Gasteiger partial charge in [-0.05, 0) is 36.2 Å². The van der Waals surface area contributed by atoms with Crippen LogP contribution in [0.1, 0.15) is 44.6 Å². The van der Waals surface area contributed by atoms with Crippen molar-refractivity contribution in [3.05, 3.63) is 35.9 Å². The molecular weight excluding hydrogens is 206 g/mol. The molecule has 0 amide bonds. The first-order chi connectivity index (χ1) is 8.23. The van der Waals surface area contributed by atoms with E-state index in [4.69, 9.17) is 0 Å². The normalized spacial score (nSPS) is 36.7. The molecule has 0 spiro atoms. The molecule has 0 radical (unpaired) electrons. The van der Waals surface area contributed by atoms with E-state index in [0.29, 0.717) is 0 Å². The molecule has 0 aliphatic heterocycles. The molecule has 1 nitrogen and oxygen atoms in total. The molecule has 2 unspecified atom stereocenters. The minimum absolute atomic E-state index is 0.191. The second-order valence-electron chi connectivity index (χ2n) is 5.96. The van der Waals surface area contributed by atoms with E-state index in [0.717, 1.165) is 12.3 Å². The SMILES string of the molecule is CC1(C2CCCC2)CC1(C#N)c1ccccc1. The maximum absolute atomic E-state index is 9.66. The van der Waals surface area contributed by atoms with E-state index < -0.39 is 0 Å². The Morgan fingerprint density at radius 2 is 1.82 bits per heavy atom. The van der Waals surface area contributed by atoms with E-state index in [1.165, 1.54) is 31.2 Å². The van der Waals surface area contributed by atoms with Crippen molar-refractivity contribution < 1.29 is 0 Å². The lowest BCUT2D eigenvalue weighted by molar-refractivity contribution is 0.314. The van der Waals surface area contributed by atoms with Crippen molar-refractivity contribution >= 4 is 0 Å². The van der Waals surface area contributed by atoms with Crippen LogP contribution < -0.4 is 0 Å². The lowest BCUT2D eigenvalue weighted by Crippen LogP contribution is -2.21.